The molecule has 1 fully saturated rings. The van der Waals surface area contributed by atoms with Crippen LogP contribution in [0, 0.1) is 5.92 Å². The maximum Gasteiger partial charge on any atom is 0.234 e. The second-order valence-electron chi connectivity index (χ2n) is 4.74. The van der Waals surface area contributed by atoms with Gasteiger partial charge in [0.1, 0.15) is 0 Å². The largest absolute Gasteiger partial charge is 0.396 e. The first-order valence-electron chi connectivity index (χ1n) is 6.46. The van der Waals surface area contributed by atoms with Gasteiger partial charge in [-0.1, -0.05) is 0 Å². The molecule has 1 unspecified atom stereocenters. The van der Waals surface area contributed by atoms with Crippen molar-refractivity contribution >= 4 is 11.8 Å². The van der Waals surface area contributed by atoms with E-state index >= 15 is 0 Å². The van der Waals surface area contributed by atoms with Gasteiger partial charge >= 0.3 is 0 Å². The summed E-state index contributed by atoms with van der Waals surface area (Å²) in [7, 11) is 0. The van der Waals surface area contributed by atoms with Crippen LogP contribution in [0.1, 0.15) is 19.8 Å². The van der Waals surface area contributed by atoms with E-state index in [1.807, 2.05) is 0 Å². The third kappa shape index (κ3) is 5.97. The quantitative estimate of drug-likeness (QED) is 0.508. The topological polar surface area (TPSA) is 81.7 Å². The van der Waals surface area contributed by atoms with E-state index in [1.54, 1.807) is 0 Å². The van der Waals surface area contributed by atoms with Gasteiger partial charge in [0, 0.05) is 33.2 Å². The second kappa shape index (κ2) is 8.05. The number of carbonyl (C=O) groups is 2. The standard InChI is InChI=1S/C12H23N3O3/c1-10(17)13-4-5-14-12(18)9-15-6-2-11(8-15)3-7-16/h11,16H,2-9H2,1H3,(H,13,17)(H,14,18). The van der Waals surface area contributed by atoms with E-state index in [4.69, 9.17) is 5.11 Å². The Balaban J connectivity index is 2.08. The van der Waals surface area contributed by atoms with Crippen molar-refractivity contribution in [3.63, 3.8) is 0 Å². The molecule has 1 saturated heterocycles. The van der Waals surface area contributed by atoms with Crippen LogP contribution in [0.2, 0.25) is 0 Å². The molecule has 1 aliphatic rings. The van der Waals surface area contributed by atoms with E-state index in [9.17, 15) is 9.59 Å². The Kier molecular flexibility index (Phi) is 6.67. The summed E-state index contributed by atoms with van der Waals surface area (Å²) >= 11 is 0. The highest BCUT2D eigenvalue weighted by molar-refractivity contribution is 5.78. The lowest BCUT2D eigenvalue weighted by Crippen LogP contribution is -2.39. The first-order chi connectivity index (χ1) is 8.61. The number of aliphatic hydroxyl groups excluding tert-OH is 1. The van der Waals surface area contributed by atoms with Crippen molar-refractivity contribution in [1.82, 2.24) is 15.5 Å². The first-order valence-corrected chi connectivity index (χ1v) is 6.46. The van der Waals surface area contributed by atoms with Gasteiger partial charge in [0.25, 0.3) is 0 Å². The Morgan fingerprint density at radius 3 is 2.72 bits per heavy atom. The second-order valence-corrected chi connectivity index (χ2v) is 4.74. The van der Waals surface area contributed by atoms with Crippen LogP contribution in [0.25, 0.3) is 0 Å². The molecule has 1 atom stereocenters. The number of carbonyl (C=O) groups excluding carboxylic acids is 2. The fraction of sp³-hybridized carbons (Fsp3) is 0.833. The molecule has 1 rings (SSSR count). The fourth-order valence-electron chi connectivity index (χ4n) is 2.17. The van der Waals surface area contributed by atoms with Gasteiger partial charge in [-0.15, -0.1) is 0 Å². The van der Waals surface area contributed by atoms with Crippen molar-refractivity contribution in [1.29, 1.82) is 0 Å². The molecule has 0 saturated carbocycles. The molecule has 2 amide bonds. The monoisotopic (exact) mass is 257 g/mol. The average molecular weight is 257 g/mol. The zero-order valence-electron chi connectivity index (χ0n) is 10.9. The molecule has 0 bridgehead atoms. The highest BCUT2D eigenvalue weighted by atomic mass is 16.3. The van der Waals surface area contributed by atoms with Crippen LogP contribution in [0.5, 0.6) is 0 Å². The van der Waals surface area contributed by atoms with Gasteiger partial charge in [0.15, 0.2) is 0 Å². The van der Waals surface area contributed by atoms with Crippen LogP contribution in [-0.4, -0.2) is 61.2 Å². The van der Waals surface area contributed by atoms with Gasteiger partial charge in [-0.05, 0) is 25.3 Å². The van der Waals surface area contributed by atoms with Crippen molar-refractivity contribution in [2.24, 2.45) is 5.92 Å². The summed E-state index contributed by atoms with van der Waals surface area (Å²) in [6.45, 7) is 4.82. The van der Waals surface area contributed by atoms with Crippen LogP contribution >= 0.6 is 0 Å². The Labute approximate surface area is 108 Å². The lowest BCUT2D eigenvalue weighted by molar-refractivity contribution is -0.122. The maximum absolute atomic E-state index is 11.6. The molecule has 6 nitrogen and oxygen atoms in total. The first kappa shape index (κ1) is 14.9. The van der Waals surface area contributed by atoms with E-state index in [0.717, 1.165) is 25.9 Å². The summed E-state index contributed by atoms with van der Waals surface area (Å²) in [6.07, 6.45) is 1.88. The van der Waals surface area contributed by atoms with Crippen LogP contribution in [0.15, 0.2) is 0 Å². The Morgan fingerprint density at radius 1 is 1.33 bits per heavy atom. The predicted octanol–water partition coefficient (Wildman–Crippen LogP) is -1.06. The third-order valence-electron chi connectivity index (χ3n) is 3.10. The summed E-state index contributed by atoms with van der Waals surface area (Å²) in [4.78, 5) is 24.3. The summed E-state index contributed by atoms with van der Waals surface area (Å²) in [5, 5.41) is 14.2. The molecule has 0 spiro atoms. The Hall–Kier alpha value is -1.14. The Morgan fingerprint density at radius 2 is 2.06 bits per heavy atom. The van der Waals surface area contributed by atoms with Crippen molar-refractivity contribution in [2.75, 3.05) is 39.3 Å². The van der Waals surface area contributed by atoms with Gasteiger partial charge in [-0.25, -0.2) is 0 Å². The summed E-state index contributed by atoms with van der Waals surface area (Å²) in [5.74, 6) is 0.419. The average Bonchev–Trinajstić information content (AvgIpc) is 2.72. The normalized spacial score (nSPS) is 19.8. The molecule has 0 aromatic rings. The minimum absolute atomic E-state index is 0.00926. The van der Waals surface area contributed by atoms with E-state index in [-0.39, 0.29) is 18.4 Å². The number of hydrogen-bond acceptors (Lipinski definition) is 4. The van der Waals surface area contributed by atoms with Gasteiger partial charge in [-0.3, -0.25) is 14.5 Å². The molecule has 0 aromatic heterocycles. The molecule has 1 heterocycles. The predicted molar refractivity (Wildman–Crippen MR) is 67.9 cm³/mol. The van der Waals surface area contributed by atoms with Crippen molar-refractivity contribution < 1.29 is 14.7 Å². The van der Waals surface area contributed by atoms with Crippen LogP contribution in [0.4, 0.5) is 0 Å². The van der Waals surface area contributed by atoms with E-state index < -0.39 is 0 Å². The SMILES string of the molecule is CC(=O)NCCNC(=O)CN1CCC(CCO)C1. The van der Waals surface area contributed by atoms with Crippen LogP contribution in [-0.2, 0) is 9.59 Å². The molecule has 3 N–H and O–H groups in total. The van der Waals surface area contributed by atoms with E-state index in [0.29, 0.717) is 25.6 Å². The molecule has 6 heteroatoms. The van der Waals surface area contributed by atoms with Gasteiger partial charge in [-0.2, -0.15) is 0 Å². The van der Waals surface area contributed by atoms with Crippen molar-refractivity contribution in [3.05, 3.63) is 0 Å². The van der Waals surface area contributed by atoms with Gasteiger partial charge in [0.2, 0.25) is 11.8 Å². The number of nitrogens with one attached hydrogen (secondary N) is 2. The van der Waals surface area contributed by atoms with Crippen LogP contribution in [0.3, 0.4) is 0 Å². The molecular formula is C12H23N3O3. The molecule has 0 radical (unpaired) electrons. The number of likely N-dealkylation sites (tertiary alicyclic amines) is 1. The lowest BCUT2D eigenvalue weighted by atomic mass is 10.1. The summed E-state index contributed by atoms with van der Waals surface area (Å²) in [5.41, 5.74) is 0. The highest BCUT2D eigenvalue weighted by Gasteiger charge is 2.23. The Bertz CT molecular complexity index is 284. The molecule has 0 aliphatic carbocycles. The number of nitrogens with zero attached hydrogens (tertiary/aromatic N) is 1. The minimum Gasteiger partial charge on any atom is -0.396 e. The highest BCUT2D eigenvalue weighted by Crippen LogP contribution is 2.18. The minimum atomic E-state index is -0.0874. The van der Waals surface area contributed by atoms with Gasteiger partial charge in [0.05, 0.1) is 6.54 Å². The number of aliphatic hydroxyl groups is 1. The number of rotatable bonds is 7. The third-order valence-corrected chi connectivity index (χ3v) is 3.10. The maximum atomic E-state index is 11.6. The lowest BCUT2D eigenvalue weighted by Gasteiger charge is -2.15. The zero-order valence-corrected chi connectivity index (χ0v) is 10.9. The molecule has 18 heavy (non-hydrogen) atoms. The molecule has 104 valence electrons. The molecule has 1 aliphatic heterocycles. The fourth-order valence-corrected chi connectivity index (χ4v) is 2.17. The summed E-state index contributed by atoms with van der Waals surface area (Å²) < 4.78 is 0. The molecule has 0 aromatic carbocycles. The number of hydrogen-bond donors (Lipinski definition) is 3. The van der Waals surface area contributed by atoms with Gasteiger partial charge < -0.3 is 15.7 Å². The number of amides is 2. The van der Waals surface area contributed by atoms with Crippen molar-refractivity contribution in [3.8, 4) is 0 Å². The molecular weight excluding hydrogens is 234 g/mol. The summed E-state index contributed by atoms with van der Waals surface area (Å²) in [6, 6.07) is 0. The van der Waals surface area contributed by atoms with Crippen LogP contribution < -0.4 is 10.6 Å². The zero-order chi connectivity index (χ0) is 13.4. The van der Waals surface area contributed by atoms with E-state index in [2.05, 4.69) is 15.5 Å². The smallest absolute Gasteiger partial charge is 0.234 e. The van der Waals surface area contributed by atoms with Crippen molar-refractivity contribution in [2.45, 2.75) is 19.8 Å². The van der Waals surface area contributed by atoms with E-state index in [1.165, 1.54) is 6.92 Å².